The van der Waals surface area contributed by atoms with Crippen molar-refractivity contribution in [2.24, 2.45) is 11.3 Å². The highest BCUT2D eigenvalue weighted by Crippen LogP contribution is 2.29. The number of thioether (sulfide) groups is 1. The fourth-order valence-corrected chi connectivity index (χ4v) is 2.25. The molecule has 0 saturated heterocycles. The van der Waals surface area contributed by atoms with Crippen LogP contribution in [-0.2, 0) is 4.79 Å². The minimum absolute atomic E-state index is 0.159. The van der Waals surface area contributed by atoms with Crippen LogP contribution in [0.4, 0.5) is 0 Å². The number of benzene rings is 1. The number of methoxy groups -OCH3 is 1. The standard InChI is InChI=1S/C12H18N2O2S/c1-12(2,11(15)14-13)8-17-10-6-4-5-9(7-10)16-3/h4-7H,8,13H2,1-3H3,(H,14,15). The van der Waals surface area contributed by atoms with Crippen molar-refractivity contribution in [1.29, 1.82) is 0 Å². The molecule has 0 heterocycles. The number of carbonyl (C=O) groups is 1. The van der Waals surface area contributed by atoms with Gasteiger partial charge in [0.2, 0.25) is 5.91 Å². The Hall–Kier alpha value is -1.20. The minimum Gasteiger partial charge on any atom is -0.497 e. The predicted octanol–water partition coefficient (Wildman–Crippen LogP) is 1.80. The first kappa shape index (κ1) is 13.9. The molecular formula is C12H18N2O2S. The molecule has 0 aliphatic rings. The van der Waals surface area contributed by atoms with E-state index in [1.165, 1.54) is 0 Å². The van der Waals surface area contributed by atoms with E-state index >= 15 is 0 Å². The number of nitrogens with two attached hydrogens (primary N) is 1. The monoisotopic (exact) mass is 254 g/mol. The van der Waals surface area contributed by atoms with Crippen molar-refractivity contribution in [3.05, 3.63) is 24.3 Å². The molecule has 0 radical (unpaired) electrons. The lowest BCUT2D eigenvalue weighted by Gasteiger charge is -2.21. The van der Waals surface area contributed by atoms with Crippen LogP contribution < -0.4 is 16.0 Å². The Balaban J connectivity index is 2.63. The Labute approximate surface area is 106 Å². The van der Waals surface area contributed by atoms with Gasteiger partial charge in [0.25, 0.3) is 0 Å². The SMILES string of the molecule is COc1cccc(SCC(C)(C)C(=O)NN)c1. The van der Waals surface area contributed by atoms with E-state index in [4.69, 9.17) is 10.6 Å². The lowest BCUT2D eigenvalue weighted by atomic mass is 9.96. The smallest absolute Gasteiger partial charge is 0.240 e. The molecule has 0 fully saturated rings. The molecule has 1 aromatic carbocycles. The highest BCUT2D eigenvalue weighted by Gasteiger charge is 2.26. The van der Waals surface area contributed by atoms with E-state index in [9.17, 15) is 4.79 Å². The fourth-order valence-electron chi connectivity index (χ4n) is 1.22. The van der Waals surface area contributed by atoms with Gasteiger partial charge in [0.1, 0.15) is 5.75 Å². The van der Waals surface area contributed by atoms with Gasteiger partial charge in [-0.15, -0.1) is 11.8 Å². The molecule has 0 saturated carbocycles. The van der Waals surface area contributed by atoms with Gasteiger partial charge in [0.05, 0.1) is 12.5 Å². The third-order valence-corrected chi connectivity index (χ3v) is 3.84. The fraction of sp³-hybridized carbons (Fsp3) is 0.417. The molecule has 0 aliphatic carbocycles. The van der Waals surface area contributed by atoms with Crippen LogP contribution in [-0.4, -0.2) is 18.8 Å². The van der Waals surface area contributed by atoms with Crippen LogP contribution in [0.3, 0.4) is 0 Å². The molecule has 3 N–H and O–H groups in total. The molecular weight excluding hydrogens is 236 g/mol. The second-order valence-electron chi connectivity index (χ2n) is 4.33. The summed E-state index contributed by atoms with van der Waals surface area (Å²) >= 11 is 1.60. The molecule has 0 aromatic heterocycles. The van der Waals surface area contributed by atoms with Gasteiger partial charge in [-0.1, -0.05) is 19.9 Å². The van der Waals surface area contributed by atoms with Crippen LogP contribution >= 0.6 is 11.8 Å². The second-order valence-corrected chi connectivity index (χ2v) is 5.37. The Bertz CT molecular complexity index is 394. The Morgan fingerprint density at radius 2 is 2.24 bits per heavy atom. The second kappa shape index (κ2) is 5.93. The van der Waals surface area contributed by atoms with Gasteiger partial charge in [-0.05, 0) is 18.2 Å². The van der Waals surface area contributed by atoms with Crippen molar-refractivity contribution in [3.8, 4) is 5.75 Å². The molecule has 4 nitrogen and oxygen atoms in total. The van der Waals surface area contributed by atoms with Crippen molar-refractivity contribution >= 4 is 17.7 Å². The first-order chi connectivity index (χ1) is 7.99. The van der Waals surface area contributed by atoms with Crippen LogP contribution in [0.2, 0.25) is 0 Å². The molecule has 0 spiro atoms. The van der Waals surface area contributed by atoms with Gasteiger partial charge in [-0.3, -0.25) is 10.2 Å². The van der Waals surface area contributed by atoms with Gasteiger partial charge in [-0.2, -0.15) is 0 Å². The van der Waals surface area contributed by atoms with Crippen molar-refractivity contribution < 1.29 is 9.53 Å². The molecule has 5 heteroatoms. The Morgan fingerprint density at radius 1 is 1.53 bits per heavy atom. The van der Waals surface area contributed by atoms with Gasteiger partial charge < -0.3 is 4.74 Å². The van der Waals surface area contributed by atoms with Crippen LogP contribution in [0.15, 0.2) is 29.2 Å². The zero-order chi connectivity index (χ0) is 12.9. The van der Waals surface area contributed by atoms with Gasteiger partial charge in [0, 0.05) is 10.6 Å². The lowest BCUT2D eigenvalue weighted by Crippen LogP contribution is -2.42. The third-order valence-electron chi connectivity index (χ3n) is 2.39. The highest BCUT2D eigenvalue weighted by atomic mass is 32.2. The predicted molar refractivity (Wildman–Crippen MR) is 69.8 cm³/mol. The zero-order valence-electron chi connectivity index (χ0n) is 10.3. The summed E-state index contributed by atoms with van der Waals surface area (Å²) in [6.07, 6.45) is 0. The molecule has 0 unspecified atom stereocenters. The zero-order valence-corrected chi connectivity index (χ0v) is 11.1. The summed E-state index contributed by atoms with van der Waals surface area (Å²) in [4.78, 5) is 12.6. The summed E-state index contributed by atoms with van der Waals surface area (Å²) in [5, 5.41) is 0. The summed E-state index contributed by atoms with van der Waals surface area (Å²) in [6.45, 7) is 3.73. The third kappa shape index (κ3) is 3.94. The molecule has 1 amide bonds. The number of hydrogen-bond acceptors (Lipinski definition) is 4. The van der Waals surface area contributed by atoms with E-state index in [2.05, 4.69) is 5.43 Å². The van der Waals surface area contributed by atoms with Gasteiger partial charge >= 0.3 is 0 Å². The summed E-state index contributed by atoms with van der Waals surface area (Å²) in [7, 11) is 1.63. The van der Waals surface area contributed by atoms with Gasteiger partial charge in [-0.25, -0.2) is 5.84 Å². The van der Waals surface area contributed by atoms with Crippen LogP contribution in [0.25, 0.3) is 0 Å². The number of hydrogen-bond donors (Lipinski definition) is 2. The quantitative estimate of drug-likeness (QED) is 0.364. The lowest BCUT2D eigenvalue weighted by molar-refractivity contribution is -0.128. The molecule has 0 atom stereocenters. The van der Waals surface area contributed by atoms with E-state index in [-0.39, 0.29) is 5.91 Å². The minimum atomic E-state index is -0.498. The average molecular weight is 254 g/mol. The summed E-state index contributed by atoms with van der Waals surface area (Å²) in [6, 6.07) is 7.75. The highest BCUT2D eigenvalue weighted by molar-refractivity contribution is 7.99. The number of rotatable bonds is 5. The van der Waals surface area contributed by atoms with E-state index < -0.39 is 5.41 Å². The maximum absolute atomic E-state index is 11.5. The first-order valence-corrected chi connectivity index (χ1v) is 6.26. The number of ether oxygens (including phenoxy) is 1. The summed E-state index contributed by atoms with van der Waals surface area (Å²) in [5.41, 5.74) is 1.69. The molecule has 1 rings (SSSR count). The van der Waals surface area contributed by atoms with E-state index in [0.717, 1.165) is 10.6 Å². The topological polar surface area (TPSA) is 64.3 Å². The van der Waals surface area contributed by atoms with E-state index in [1.807, 2.05) is 38.1 Å². The summed E-state index contributed by atoms with van der Waals surface area (Å²) < 4.78 is 5.14. The maximum Gasteiger partial charge on any atom is 0.240 e. The molecule has 0 aliphatic heterocycles. The Kier molecular flexibility index (Phi) is 4.84. The van der Waals surface area contributed by atoms with E-state index in [1.54, 1.807) is 18.9 Å². The first-order valence-electron chi connectivity index (χ1n) is 5.27. The van der Waals surface area contributed by atoms with Gasteiger partial charge in [0.15, 0.2) is 0 Å². The number of nitrogens with one attached hydrogen (secondary N) is 1. The van der Waals surface area contributed by atoms with Crippen molar-refractivity contribution in [3.63, 3.8) is 0 Å². The average Bonchev–Trinajstić information content (AvgIpc) is 2.35. The van der Waals surface area contributed by atoms with E-state index in [0.29, 0.717) is 5.75 Å². The Morgan fingerprint density at radius 3 is 2.82 bits per heavy atom. The summed E-state index contributed by atoms with van der Waals surface area (Å²) in [5.74, 6) is 6.46. The molecule has 0 bridgehead atoms. The molecule has 94 valence electrons. The van der Waals surface area contributed by atoms with Crippen LogP contribution in [0.5, 0.6) is 5.75 Å². The van der Waals surface area contributed by atoms with Crippen molar-refractivity contribution in [2.45, 2.75) is 18.7 Å². The normalized spacial score (nSPS) is 11.1. The molecule has 1 aromatic rings. The molecule has 17 heavy (non-hydrogen) atoms. The van der Waals surface area contributed by atoms with Crippen LogP contribution in [0.1, 0.15) is 13.8 Å². The largest absolute Gasteiger partial charge is 0.497 e. The van der Waals surface area contributed by atoms with Crippen molar-refractivity contribution in [1.82, 2.24) is 5.43 Å². The van der Waals surface area contributed by atoms with Crippen molar-refractivity contribution in [2.75, 3.05) is 12.9 Å². The number of carbonyl (C=O) groups excluding carboxylic acids is 1. The number of hydrazine groups is 1. The van der Waals surface area contributed by atoms with Crippen LogP contribution in [0, 0.1) is 5.41 Å². The maximum atomic E-state index is 11.5. The number of amides is 1.